The first-order valence-electron chi connectivity index (χ1n) is 9.69. The molecule has 1 aromatic carbocycles. The number of rotatable bonds is 3. The van der Waals surface area contributed by atoms with E-state index in [0.29, 0.717) is 29.9 Å². The van der Waals surface area contributed by atoms with E-state index < -0.39 is 12.0 Å². The van der Waals surface area contributed by atoms with Crippen molar-refractivity contribution < 1.29 is 13.9 Å². The van der Waals surface area contributed by atoms with Gasteiger partial charge in [-0.3, -0.25) is 4.98 Å². The van der Waals surface area contributed by atoms with E-state index in [4.69, 9.17) is 0 Å². The van der Waals surface area contributed by atoms with Crippen molar-refractivity contribution in [3.63, 3.8) is 0 Å². The number of phenols is 1. The van der Waals surface area contributed by atoms with E-state index >= 15 is 0 Å². The maximum Gasteiger partial charge on any atom is 0.264 e. The van der Waals surface area contributed by atoms with Crippen LogP contribution in [0.4, 0.5) is 14.6 Å². The molecule has 2 bridgehead atoms. The number of hydrogen-bond acceptors (Lipinski definition) is 6. The number of nitrogens with one attached hydrogen (secondary N) is 1. The third-order valence-electron chi connectivity index (χ3n) is 6.09. The van der Waals surface area contributed by atoms with E-state index in [0.717, 1.165) is 10.9 Å². The Morgan fingerprint density at radius 1 is 1.17 bits per heavy atom. The average molecular weight is 397 g/mol. The van der Waals surface area contributed by atoms with Crippen LogP contribution in [0, 0.1) is 0 Å². The Morgan fingerprint density at radius 2 is 2.03 bits per heavy atom. The Hall–Kier alpha value is -2.87. The van der Waals surface area contributed by atoms with Gasteiger partial charge < -0.3 is 15.3 Å². The lowest BCUT2D eigenvalue weighted by atomic mass is 9.98. The van der Waals surface area contributed by atoms with Gasteiger partial charge in [0.25, 0.3) is 5.92 Å². The number of piperidine rings is 1. The Morgan fingerprint density at radius 3 is 2.79 bits per heavy atom. The summed E-state index contributed by atoms with van der Waals surface area (Å²) in [6.07, 6.45) is 2.63. The average Bonchev–Trinajstić information content (AvgIpc) is 2.93. The lowest BCUT2D eigenvalue weighted by Gasteiger charge is -2.36. The molecule has 150 valence electrons. The van der Waals surface area contributed by atoms with Crippen LogP contribution in [0.25, 0.3) is 22.2 Å². The quantitative estimate of drug-likeness (QED) is 0.706. The summed E-state index contributed by atoms with van der Waals surface area (Å²) < 4.78 is 28.0. The van der Waals surface area contributed by atoms with Crippen LogP contribution in [-0.4, -0.2) is 51.4 Å². The second kappa shape index (κ2) is 6.59. The molecule has 2 aliphatic rings. The third kappa shape index (κ3) is 3.17. The van der Waals surface area contributed by atoms with Gasteiger partial charge in [-0.25, -0.2) is 8.78 Å². The molecule has 5 rings (SSSR count). The molecule has 2 aromatic heterocycles. The lowest BCUT2D eigenvalue weighted by Crippen LogP contribution is -2.49. The summed E-state index contributed by atoms with van der Waals surface area (Å²) in [7, 11) is 1.87. The van der Waals surface area contributed by atoms with Crippen molar-refractivity contribution in [1.29, 1.82) is 0 Å². The summed E-state index contributed by atoms with van der Waals surface area (Å²) in [5.41, 5.74) is 1.84. The van der Waals surface area contributed by atoms with Crippen LogP contribution in [-0.2, 0) is 0 Å². The van der Waals surface area contributed by atoms with Crippen molar-refractivity contribution >= 4 is 16.7 Å². The fourth-order valence-corrected chi connectivity index (χ4v) is 4.50. The monoisotopic (exact) mass is 397 g/mol. The van der Waals surface area contributed by atoms with Crippen molar-refractivity contribution in [2.24, 2.45) is 0 Å². The predicted octanol–water partition coefficient (Wildman–Crippen LogP) is 3.36. The van der Waals surface area contributed by atoms with Gasteiger partial charge in [0.15, 0.2) is 5.82 Å². The zero-order chi connectivity index (χ0) is 20.2. The van der Waals surface area contributed by atoms with Gasteiger partial charge in [-0.15, -0.1) is 10.2 Å². The number of fused-ring (bicyclic) bond motifs is 3. The van der Waals surface area contributed by atoms with E-state index in [2.05, 4.69) is 20.5 Å². The summed E-state index contributed by atoms with van der Waals surface area (Å²) in [4.78, 5) is 6.24. The molecule has 0 spiro atoms. The van der Waals surface area contributed by atoms with Crippen LogP contribution in [0.15, 0.2) is 42.6 Å². The van der Waals surface area contributed by atoms with Crippen molar-refractivity contribution in [2.75, 3.05) is 11.9 Å². The molecular weight excluding hydrogens is 376 g/mol. The maximum absolute atomic E-state index is 14.0. The smallest absolute Gasteiger partial charge is 0.264 e. The van der Waals surface area contributed by atoms with Gasteiger partial charge in [0, 0.05) is 42.7 Å². The van der Waals surface area contributed by atoms with Crippen LogP contribution < -0.4 is 10.2 Å². The topological polar surface area (TPSA) is 74.2 Å². The number of halogens is 2. The summed E-state index contributed by atoms with van der Waals surface area (Å²) in [5, 5.41) is 22.8. The molecule has 6 nitrogen and oxygen atoms in total. The minimum Gasteiger partial charge on any atom is -0.507 e. The molecule has 2 fully saturated rings. The molecule has 0 amide bonds. The highest BCUT2D eigenvalue weighted by Crippen LogP contribution is 2.40. The predicted molar refractivity (Wildman–Crippen MR) is 106 cm³/mol. The normalized spacial score (nSPS) is 25.3. The number of hydrogen-bond donors (Lipinski definition) is 2. The first-order valence-corrected chi connectivity index (χ1v) is 9.69. The maximum atomic E-state index is 14.0. The minimum absolute atomic E-state index is 0.0157. The standard InChI is InChI=1S/C21H21F2N5O/c1-28(14-8-13-11-21(22,23)19(9-14)25-13)20-5-4-16(26-27-20)15-10-17-12(7-18(15)29)3-2-6-24-17/h2-7,10,13-14,19,25,29H,8-9,11H2,1H3/t13-,14+,19+/m0/s1. The van der Waals surface area contributed by atoms with E-state index in [9.17, 15) is 13.9 Å². The lowest BCUT2D eigenvalue weighted by molar-refractivity contribution is -0.0128. The largest absolute Gasteiger partial charge is 0.507 e. The molecule has 0 radical (unpaired) electrons. The van der Waals surface area contributed by atoms with Gasteiger partial charge in [-0.05, 0) is 43.2 Å². The van der Waals surface area contributed by atoms with E-state index in [1.165, 1.54) is 0 Å². The zero-order valence-electron chi connectivity index (χ0n) is 15.9. The van der Waals surface area contributed by atoms with Crippen molar-refractivity contribution in [3.8, 4) is 17.0 Å². The number of aromatic nitrogens is 3. The molecule has 4 heterocycles. The highest BCUT2D eigenvalue weighted by Gasteiger charge is 2.53. The van der Waals surface area contributed by atoms with Crippen LogP contribution in [0.3, 0.4) is 0 Å². The van der Waals surface area contributed by atoms with Gasteiger partial charge in [-0.1, -0.05) is 6.07 Å². The van der Waals surface area contributed by atoms with Crippen LogP contribution in [0.5, 0.6) is 5.75 Å². The van der Waals surface area contributed by atoms with E-state index in [1.807, 2.05) is 30.1 Å². The highest BCUT2D eigenvalue weighted by molar-refractivity contribution is 5.87. The van der Waals surface area contributed by atoms with Gasteiger partial charge in [0.2, 0.25) is 0 Å². The second-order valence-corrected chi connectivity index (χ2v) is 7.96. The summed E-state index contributed by atoms with van der Waals surface area (Å²) >= 11 is 0. The molecule has 0 saturated carbocycles. The molecule has 2 N–H and O–H groups in total. The van der Waals surface area contributed by atoms with Gasteiger partial charge in [0.05, 0.1) is 17.3 Å². The van der Waals surface area contributed by atoms with Gasteiger partial charge in [-0.2, -0.15) is 0 Å². The number of benzene rings is 1. The first kappa shape index (κ1) is 18.2. The Kier molecular flexibility index (Phi) is 4.13. The van der Waals surface area contributed by atoms with Crippen LogP contribution in [0.2, 0.25) is 0 Å². The summed E-state index contributed by atoms with van der Waals surface area (Å²) in [6, 6.07) is 9.78. The van der Waals surface area contributed by atoms with E-state index in [1.54, 1.807) is 24.4 Å². The highest BCUT2D eigenvalue weighted by atomic mass is 19.3. The van der Waals surface area contributed by atoms with Crippen molar-refractivity contribution in [2.45, 2.75) is 43.3 Å². The third-order valence-corrected chi connectivity index (χ3v) is 6.09. The zero-order valence-corrected chi connectivity index (χ0v) is 15.9. The minimum atomic E-state index is -2.64. The fraction of sp³-hybridized carbons (Fsp3) is 0.381. The molecule has 29 heavy (non-hydrogen) atoms. The Balaban J connectivity index is 1.39. The molecule has 3 atom stereocenters. The number of anilines is 1. The SMILES string of the molecule is CN(c1ccc(-c2cc3ncccc3cc2O)nn1)[C@@H]1C[C@H]2CC(F)(F)[C@@H](C1)N2. The van der Waals surface area contributed by atoms with Gasteiger partial charge >= 0.3 is 0 Å². The first-order chi connectivity index (χ1) is 13.9. The second-order valence-electron chi connectivity index (χ2n) is 7.96. The molecule has 0 unspecified atom stereocenters. The summed E-state index contributed by atoms with van der Waals surface area (Å²) in [5.74, 6) is -1.91. The Labute approximate surface area is 166 Å². The van der Waals surface area contributed by atoms with Gasteiger partial charge in [0.1, 0.15) is 5.75 Å². The van der Waals surface area contributed by atoms with E-state index in [-0.39, 0.29) is 24.3 Å². The van der Waals surface area contributed by atoms with Crippen molar-refractivity contribution in [3.05, 3.63) is 42.6 Å². The van der Waals surface area contributed by atoms with Crippen LogP contribution in [0.1, 0.15) is 19.3 Å². The number of aromatic hydroxyl groups is 1. The Bertz CT molecular complexity index is 1060. The number of alkyl halides is 2. The molecule has 2 saturated heterocycles. The number of pyridine rings is 1. The number of nitrogens with zero attached hydrogens (tertiary/aromatic N) is 4. The molecule has 2 aliphatic heterocycles. The fourth-order valence-electron chi connectivity index (χ4n) is 4.50. The number of phenolic OH excluding ortho intramolecular Hbond substituents is 1. The molecule has 3 aromatic rings. The van der Waals surface area contributed by atoms with Crippen LogP contribution >= 0.6 is 0 Å². The molecule has 8 heteroatoms. The summed E-state index contributed by atoms with van der Waals surface area (Å²) in [6.45, 7) is 0. The molecule has 0 aliphatic carbocycles. The molecular formula is C21H21F2N5O. The van der Waals surface area contributed by atoms with Crippen molar-refractivity contribution in [1.82, 2.24) is 20.5 Å².